The largest absolute Gasteiger partial charge is 0.490 e. The van der Waals surface area contributed by atoms with Crippen molar-refractivity contribution < 1.29 is 51.3 Å². The summed E-state index contributed by atoms with van der Waals surface area (Å²) < 4.78 is 65.3. The van der Waals surface area contributed by atoms with Gasteiger partial charge in [-0.3, -0.25) is 14.5 Å². The normalized spacial score (nSPS) is 22.4. The molecule has 0 saturated carbocycles. The van der Waals surface area contributed by atoms with Crippen LogP contribution in [0.2, 0.25) is 0 Å². The van der Waals surface area contributed by atoms with Crippen molar-refractivity contribution in [3.8, 4) is 0 Å². The third-order valence-electron chi connectivity index (χ3n) is 7.86. The van der Waals surface area contributed by atoms with Crippen LogP contribution in [0.25, 0.3) is 0 Å². The number of aliphatic carboxylic acids is 2. The zero-order chi connectivity index (χ0) is 31.3. The average Bonchev–Trinajstić information content (AvgIpc) is 3.43. The number of alkyl halides is 6. The molecule has 3 N–H and O–H groups in total. The summed E-state index contributed by atoms with van der Waals surface area (Å²) in [4.78, 5) is 22.9. The zero-order valence-electron chi connectivity index (χ0n) is 22.9. The Bertz CT molecular complexity index is 1180. The first-order chi connectivity index (χ1) is 19.6. The summed E-state index contributed by atoms with van der Waals surface area (Å²) in [5.41, 5.74) is 4.00. The lowest BCUT2D eigenvalue weighted by Crippen LogP contribution is -2.50. The molecule has 15 heteroatoms. The number of likely N-dealkylation sites (tertiary alicyclic amines) is 2. The number of hydrogen-bond donors (Lipinski definition) is 3. The fourth-order valence-electron chi connectivity index (χ4n) is 5.92. The summed E-state index contributed by atoms with van der Waals surface area (Å²) in [6.07, 6.45) is -0.453. The van der Waals surface area contributed by atoms with E-state index in [0.717, 1.165) is 45.6 Å². The molecule has 42 heavy (non-hydrogen) atoms. The molecule has 1 aromatic heterocycles. The summed E-state index contributed by atoms with van der Waals surface area (Å²) in [6, 6.07) is 9.06. The fraction of sp³-hybridized carbons (Fsp3) is 0.593. The average molecular weight is 609 g/mol. The molecule has 2 aromatic rings. The quantitative estimate of drug-likeness (QED) is 0.446. The first-order valence-corrected chi connectivity index (χ1v) is 13.4. The molecule has 2 saturated heterocycles. The topological polar surface area (TPSA) is 119 Å². The van der Waals surface area contributed by atoms with Gasteiger partial charge in [0, 0.05) is 30.8 Å². The second-order valence-corrected chi connectivity index (χ2v) is 10.6. The molecule has 1 aliphatic carbocycles. The number of aromatic nitrogens is 2. The van der Waals surface area contributed by atoms with Gasteiger partial charge in [-0.15, -0.1) is 0 Å². The van der Waals surface area contributed by atoms with Crippen LogP contribution >= 0.6 is 0 Å². The Morgan fingerprint density at radius 3 is 1.93 bits per heavy atom. The Labute approximate surface area is 238 Å². The molecule has 0 bridgehead atoms. The van der Waals surface area contributed by atoms with Gasteiger partial charge in [-0.2, -0.15) is 31.4 Å². The van der Waals surface area contributed by atoms with Crippen molar-refractivity contribution in [3.05, 3.63) is 53.3 Å². The second-order valence-electron chi connectivity index (χ2n) is 10.6. The van der Waals surface area contributed by atoms with Gasteiger partial charge in [0.1, 0.15) is 0 Å². The van der Waals surface area contributed by atoms with Crippen molar-refractivity contribution in [1.82, 2.24) is 19.6 Å². The summed E-state index contributed by atoms with van der Waals surface area (Å²) in [5, 5.41) is 30.2. The highest BCUT2D eigenvalue weighted by Gasteiger charge is 2.54. The predicted molar refractivity (Wildman–Crippen MR) is 137 cm³/mol. The molecule has 1 spiro atoms. The van der Waals surface area contributed by atoms with Crippen LogP contribution in [0.4, 0.5) is 26.3 Å². The molecule has 3 aliphatic rings. The van der Waals surface area contributed by atoms with Gasteiger partial charge in [0.2, 0.25) is 0 Å². The maximum Gasteiger partial charge on any atom is 0.490 e. The standard InChI is InChI=1S/C23H32N4O.2C2HF3O2/c1-25-16-18(15-24-25)17-26-13-9-23(10-14-26)20-8-4-3-7-19(20)21(22(23)28)27-11-5-2-6-12-27;2*3-2(4,5)1(6)7/h3-4,7-8,15-16,21-22,28H,2,5-6,9-14,17H2,1H3;2*(H,6,7)/t21-,22+;;/m1../s1. The van der Waals surface area contributed by atoms with E-state index in [1.165, 1.54) is 36.0 Å². The van der Waals surface area contributed by atoms with Gasteiger partial charge in [0.05, 0.1) is 18.3 Å². The molecular formula is C27H34F6N4O5. The van der Waals surface area contributed by atoms with Crippen LogP contribution in [0.3, 0.4) is 0 Å². The number of piperidine rings is 2. The van der Waals surface area contributed by atoms with Crippen LogP contribution < -0.4 is 0 Å². The van der Waals surface area contributed by atoms with Gasteiger partial charge in [-0.25, -0.2) is 9.59 Å². The van der Waals surface area contributed by atoms with Gasteiger partial charge < -0.3 is 15.3 Å². The Kier molecular flexibility index (Phi) is 10.7. The highest BCUT2D eigenvalue weighted by atomic mass is 19.4. The number of carboxylic acids is 2. The van der Waals surface area contributed by atoms with E-state index in [-0.39, 0.29) is 17.6 Å². The van der Waals surface area contributed by atoms with Crippen LogP contribution in [-0.4, -0.2) is 91.5 Å². The first kappa shape index (κ1) is 33.3. The van der Waals surface area contributed by atoms with E-state index in [0.29, 0.717) is 0 Å². The predicted octanol–water partition coefficient (Wildman–Crippen LogP) is 4.12. The number of carboxylic acid groups (broad SMARTS) is 2. The molecule has 1 aromatic carbocycles. The zero-order valence-corrected chi connectivity index (χ0v) is 22.9. The molecule has 5 rings (SSSR count). The molecule has 2 fully saturated rings. The minimum absolute atomic E-state index is 0.0792. The number of hydrogen-bond acceptors (Lipinski definition) is 6. The Morgan fingerprint density at radius 1 is 0.929 bits per heavy atom. The molecule has 9 nitrogen and oxygen atoms in total. The van der Waals surface area contributed by atoms with E-state index in [4.69, 9.17) is 19.8 Å². The Hall–Kier alpha value is -3.17. The third kappa shape index (κ3) is 8.01. The summed E-state index contributed by atoms with van der Waals surface area (Å²) in [7, 11) is 1.97. The van der Waals surface area contributed by atoms with Crippen molar-refractivity contribution in [2.24, 2.45) is 7.05 Å². The number of aliphatic hydroxyl groups excluding tert-OH is 1. The van der Waals surface area contributed by atoms with Gasteiger partial charge in [0.25, 0.3) is 0 Å². The van der Waals surface area contributed by atoms with Crippen LogP contribution in [0.1, 0.15) is 54.8 Å². The van der Waals surface area contributed by atoms with E-state index in [2.05, 4.69) is 45.4 Å². The number of halogens is 6. The number of fused-ring (bicyclic) bond motifs is 2. The van der Waals surface area contributed by atoms with E-state index < -0.39 is 24.3 Å². The molecule has 234 valence electrons. The maximum absolute atomic E-state index is 11.6. The van der Waals surface area contributed by atoms with Crippen molar-refractivity contribution in [2.45, 2.75) is 68.6 Å². The maximum atomic E-state index is 11.6. The highest BCUT2D eigenvalue weighted by molar-refractivity contribution is 5.73. The van der Waals surface area contributed by atoms with Crippen LogP contribution in [0.15, 0.2) is 36.7 Å². The molecule has 3 heterocycles. The molecule has 2 aliphatic heterocycles. The van der Waals surface area contributed by atoms with Gasteiger partial charge in [-0.05, 0) is 63.0 Å². The van der Waals surface area contributed by atoms with Gasteiger partial charge >= 0.3 is 24.3 Å². The molecule has 0 amide bonds. The Balaban J connectivity index is 0.000000289. The van der Waals surface area contributed by atoms with Crippen molar-refractivity contribution in [2.75, 3.05) is 26.2 Å². The minimum Gasteiger partial charge on any atom is -0.475 e. The number of aliphatic hydroxyl groups is 1. The van der Waals surface area contributed by atoms with Crippen LogP contribution in [0.5, 0.6) is 0 Å². The lowest BCUT2D eigenvalue weighted by atomic mass is 9.72. The monoisotopic (exact) mass is 608 g/mol. The van der Waals surface area contributed by atoms with E-state index in [9.17, 15) is 31.4 Å². The molecule has 2 atom stereocenters. The summed E-state index contributed by atoms with van der Waals surface area (Å²) >= 11 is 0. The number of carbonyl (C=O) groups is 2. The second kappa shape index (κ2) is 13.4. The summed E-state index contributed by atoms with van der Waals surface area (Å²) in [6.45, 7) is 5.27. The fourth-order valence-corrected chi connectivity index (χ4v) is 5.92. The van der Waals surface area contributed by atoms with E-state index >= 15 is 0 Å². The SMILES string of the molecule is Cn1cc(CN2CCC3(CC2)c2ccccc2[C@@H](N2CCCCC2)[C@@H]3O)cn1.O=C(O)C(F)(F)F.O=C(O)C(F)(F)F. The van der Waals surface area contributed by atoms with E-state index in [1.54, 1.807) is 0 Å². The first-order valence-electron chi connectivity index (χ1n) is 13.4. The molecule has 0 unspecified atom stereocenters. The number of rotatable bonds is 3. The minimum atomic E-state index is -5.08. The highest BCUT2D eigenvalue weighted by Crippen LogP contribution is 2.53. The van der Waals surface area contributed by atoms with Crippen molar-refractivity contribution in [1.29, 1.82) is 0 Å². The van der Waals surface area contributed by atoms with Crippen molar-refractivity contribution in [3.63, 3.8) is 0 Å². The van der Waals surface area contributed by atoms with Gasteiger partial charge in [0.15, 0.2) is 0 Å². The number of benzene rings is 1. The summed E-state index contributed by atoms with van der Waals surface area (Å²) in [5.74, 6) is -5.51. The lowest BCUT2D eigenvalue weighted by Gasteiger charge is -2.44. The number of nitrogens with zero attached hydrogens (tertiary/aromatic N) is 4. The lowest BCUT2D eigenvalue weighted by molar-refractivity contribution is -0.193. The van der Waals surface area contributed by atoms with Crippen LogP contribution in [-0.2, 0) is 28.6 Å². The smallest absolute Gasteiger partial charge is 0.475 e. The number of aryl methyl sites for hydroxylation is 1. The van der Waals surface area contributed by atoms with Crippen molar-refractivity contribution >= 4 is 11.9 Å². The van der Waals surface area contributed by atoms with Gasteiger partial charge in [-0.1, -0.05) is 30.7 Å². The Morgan fingerprint density at radius 2 is 1.45 bits per heavy atom. The van der Waals surface area contributed by atoms with Crippen LogP contribution in [0, 0.1) is 0 Å². The molecular weight excluding hydrogens is 574 g/mol. The molecule has 0 radical (unpaired) electrons. The third-order valence-corrected chi connectivity index (χ3v) is 7.86. The van der Waals surface area contributed by atoms with E-state index in [1.807, 2.05) is 17.9 Å².